The number of para-hydroxylation sites is 1. The fourth-order valence-electron chi connectivity index (χ4n) is 2.59. The Hall–Kier alpha value is -2.15. The van der Waals surface area contributed by atoms with Crippen molar-refractivity contribution in [3.63, 3.8) is 0 Å². The average Bonchev–Trinajstić information content (AvgIpc) is 2.97. The molecule has 0 unspecified atom stereocenters. The molecule has 1 aromatic heterocycles. The van der Waals surface area contributed by atoms with Crippen molar-refractivity contribution in [1.29, 1.82) is 0 Å². The predicted octanol–water partition coefficient (Wildman–Crippen LogP) is 2.33. The first-order valence-corrected chi connectivity index (χ1v) is 6.61. The van der Waals surface area contributed by atoms with Crippen LogP contribution in [0.15, 0.2) is 24.4 Å². The number of aromatic nitrogens is 2. The highest BCUT2D eigenvalue weighted by molar-refractivity contribution is 5.48. The lowest BCUT2D eigenvalue weighted by Crippen LogP contribution is -2.26. The molecule has 110 valence electrons. The molecule has 0 fully saturated rings. The summed E-state index contributed by atoms with van der Waals surface area (Å²) in [5.74, 6) is 0.130. The normalized spacial score (nSPS) is 18.6. The molecule has 21 heavy (non-hydrogen) atoms. The Kier molecular flexibility index (Phi) is 2.65. The van der Waals surface area contributed by atoms with Crippen molar-refractivity contribution in [3.05, 3.63) is 41.2 Å². The van der Waals surface area contributed by atoms with Gasteiger partial charge in [-0.05, 0) is 6.07 Å². The maximum absolute atomic E-state index is 13.2. The van der Waals surface area contributed by atoms with Crippen molar-refractivity contribution in [2.24, 2.45) is 0 Å². The minimum absolute atomic E-state index is 0.0535. The zero-order valence-electron chi connectivity index (χ0n) is 11.0. The smallest absolute Gasteiger partial charge is 0.395 e. The summed E-state index contributed by atoms with van der Waals surface area (Å²) in [5, 5.41) is 4.46. The summed E-state index contributed by atoms with van der Waals surface area (Å²) in [4.78, 5) is 0. The number of hydrogen-bond donors (Lipinski definition) is 0. The van der Waals surface area contributed by atoms with Gasteiger partial charge < -0.3 is 14.2 Å². The minimum atomic E-state index is -3.60. The summed E-state index contributed by atoms with van der Waals surface area (Å²) in [5.41, 5.74) is 2.64. The van der Waals surface area contributed by atoms with Gasteiger partial charge in [0.2, 0.25) is 0 Å². The second-order valence-electron chi connectivity index (χ2n) is 5.01. The standard InChI is InChI=1S/C14H12F2N2O3/c15-14(16)20-12-3-1-2-9(13(12)21-14)6-18-7-10-8-19-5-4-11(10)17-18/h1-3,7H,4-6,8H2. The Morgan fingerprint density at radius 3 is 3.05 bits per heavy atom. The van der Waals surface area contributed by atoms with Crippen LogP contribution < -0.4 is 9.47 Å². The summed E-state index contributed by atoms with van der Waals surface area (Å²) in [6.07, 6.45) is -0.954. The van der Waals surface area contributed by atoms with Crippen LogP contribution in [-0.4, -0.2) is 22.7 Å². The number of ether oxygens (including phenoxy) is 3. The number of rotatable bonds is 2. The maximum atomic E-state index is 13.2. The van der Waals surface area contributed by atoms with Gasteiger partial charge >= 0.3 is 6.29 Å². The van der Waals surface area contributed by atoms with Crippen LogP contribution in [0.1, 0.15) is 16.8 Å². The van der Waals surface area contributed by atoms with E-state index in [0.717, 1.165) is 17.7 Å². The Morgan fingerprint density at radius 2 is 2.19 bits per heavy atom. The van der Waals surface area contributed by atoms with Crippen molar-refractivity contribution in [2.45, 2.75) is 25.9 Å². The van der Waals surface area contributed by atoms with Crippen molar-refractivity contribution >= 4 is 0 Å². The van der Waals surface area contributed by atoms with Crippen LogP contribution in [0.3, 0.4) is 0 Å². The molecule has 0 saturated heterocycles. The largest absolute Gasteiger partial charge is 0.586 e. The monoisotopic (exact) mass is 294 g/mol. The minimum Gasteiger partial charge on any atom is -0.395 e. The highest BCUT2D eigenvalue weighted by Gasteiger charge is 2.44. The Morgan fingerprint density at radius 1 is 1.29 bits per heavy atom. The van der Waals surface area contributed by atoms with Crippen LogP contribution in [0.5, 0.6) is 11.5 Å². The Balaban J connectivity index is 1.64. The summed E-state index contributed by atoms with van der Waals surface area (Å²) in [7, 11) is 0. The lowest BCUT2D eigenvalue weighted by atomic mass is 10.2. The van der Waals surface area contributed by atoms with Gasteiger partial charge in [0.15, 0.2) is 11.5 Å². The van der Waals surface area contributed by atoms with Crippen LogP contribution in [0.4, 0.5) is 8.78 Å². The SMILES string of the molecule is FC1(F)Oc2cccc(Cn3cc4c(n3)CCOC4)c2O1. The van der Waals surface area contributed by atoms with Crippen molar-refractivity contribution in [1.82, 2.24) is 9.78 Å². The van der Waals surface area contributed by atoms with Gasteiger partial charge in [0.25, 0.3) is 0 Å². The summed E-state index contributed by atoms with van der Waals surface area (Å²) in [6, 6.07) is 4.84. The molecule has 0 radical (unpaired) electrons. The van der Waals surface area contributed by atoms with Crippen LogP contribution in [0.25, 0.3) is 0 Å². The van der Waals surface area contributed by atoms with Gasteiger partial charge in [0.1, 0.15) is 0 Å². The molecule has 2 aliphatic rings. The lowest BCUT2D eigenvalue weighted by molar-refractivity contribution is -0.286. The number of halogens is 2. The molecule has 5 nitrogen and oxygen atoms in total. The fraction of sp³-hybridized carbons (Fsp3) is 0.357. The van der Waals surface area contributed by atoms with Gasteiger partial charge in [-0.15, -0.1) is 8.78 Å². The van der Waals surface area contributed by atoms with Gasteiger partial charge in [-0.25, -0.2) is 0 Å². The predicted molar refractivity (Wildman–Crippen MR) is 67.3 cm³/mol. The third-order valence-corrected chi connectivity index (χ3v) is 3.51. The first-order chi connectivity index (χ1) is 10.1. The molecule has 0 spiro atoms. The van der Waals surface area contributed by atoms with Gasteiger partial charge in [0.05, 0.1) is 25.5 Å². The Bertz CT molecular complexity index is 676. The molecule has 4 rings (SSSR count). The molecular formula is C14H12F2N2O3. The number of alkyl halides is 2. The van der Waals surface area contributed by atoms with Crippen molar-refractivity contribution in [3.8, 4) is 11.5 Å². The molecule has 0 aliphatic carbocycles. The lowest BCUT2D eigenvalue weighted by Gasteiger charge is -2.08. The van der Waals surface area contributed by atoms with E-state index in [-0.39, 0.29) is 11.5 Å². The molecule has 0 bridgehead atoms. The second-order valence-corrected chi connectivity index (χ2v) is 5.01. The highest BCUT2D eigenvalue weighted by Crippen LogP contribution is 2.43. The first kappa shape index (κ1) is 12.6. The molecule has 0 amide bonds. The van der Waals surface area contributed by atoms with E-state index in [9.17, 15) is 8.78 Å². The molecule has 0 N–H and O–H groups in total. The van der Waals surface area contributed by atoms with E-state index in [2.05, 4.69) is 14.6 Å². The average molecular weight is 294 g/mol. The summed E-state index contributed by atoms with van der Waals surface area (Å²) in [6.45, 7) is 1.55. The summed E-state index contributed by atoms with van der Waals surface area (Å²) >= 11 is 0. The zero-order chi connectivity index (χ0) is 14.4. The number of hydrogen-bond acceptors (Lipinski definition) is 4. The Labute approximate surface area is 119 Å². The highest BCUT2D eigenvalue weighted by atomic mass is 19.3. The maximum Gasteiger partial charge on any atom is 0.586 e. The van der Waals surface area contributed by atoms with E-state index in [1.165, 1.54) is 6.07 Å². The molecule has 0 atom stereocenters. The molecular weight excluding hydrogens is 282 g/mol. The zero-order valence-corrected chi connectivity index (χ0v) is 11.0. The fourth-order valence-corrected chi connectivity index (χ4v) is 2.59. The third kappa shape index (κ3) is 2.23. The molecule has 1 aromatic carbocycles. The van der Waals surface area contributed by atoms with Crippen LogP contribution in [0, 0.1) is 0 Å². The quantitative estimate of drug-likeness (QED) is 0.853. The van der Waals surface area contributed by atoms with Gasteiger partial charge in [-0.2, -0.15) is 5.10 Å². The van der Waals surface area contributed by atoms with E-state index in [4.69, 9.17) is 4.74 Å². The van der Waals surface area contributed by atoms with Crippen molar-refractivity contribution in [2.75, 3.05) is 6.61 Å². The topological polar surface area (TPSA) is 45.5 Å². The number of nitrogens with zero attached hydrogens (tertiary/aromatic N) is 2. The van der Waals surface area contributed by atoms with Gasteiger partial charge in [-0.3, -0.25) is 4.68 Å². The first-order valence-electron chi connectivity index (χ1n) is 6.61. The van der Waals surface area contributed by atoms with E-state index in [1.807, 2.05) is 6.20 Å². The van der Waals surface area contributed by atoms with Gasteiger partial charge in [0, 0.05) is 23.7 Å². The molecule has 7 heteroatoms. The molecule has 3 heterocycles. The van der Waals surface area contributed by atoms with Crippen LogP contribution in [-0.2, 0) is 24.3 Å². The second kappa shape index (κ2) is 4.42. The van der Waals surface area contributed by atoms with E-state index < -0.39 is 6.29 Å². The molecule has 2 aromatic rings. The van der Waals surface area contributed by atoms with Crippen LogP contribution in [0.2, 0.25) is 0 Å². The number of fused-ring (bicyclic) bond motifs is 2. The van der Waals surface area contributed by atoms with E-state index >= 15 is 0 Å². The molecule has 2 aliphatic heterocycles. The van der Waals surface area contributed by atoms with Crippen LogP contribution >= 0.6 is 0 Å². The van der Waals surface area contributed by atoms with E-state index in [1.54, 1.807) is 16.8 Å². The molecule has 0 saturated carbocycles. The van der Waals surface area contributed by atoms with E-state index in [0.29, 0.717) is 25.3 Å². The number of benzene rings is 1. The van der Waals surface area contributed by atoms with Gasteiger partial charge in [-0.1, -0.05) is 12.1 Å². The summed E-state index contributed by atoms with van der Waals surface area (Å²) < 4.78 is 42.4. The van der Waals surface area contributed by atoms with Crippen molar-refractivity contribution < 1.29 is 23.0 Å². The third-order valence-electron chi connectivity index (χ3n) is 3.51.